The van der Waals surface area contributed by atoms with Gasteiger partial charge >= 0.3 is 0 Å². The Morgan fingerprint density at radius 2 is 2.33 bits per heavy atom. The standard InChI is InChI=1S/C15H22ClN3O2/c1-19-3-5-20-14(9-19)13(18-17)8-11-7-12(16)6-10-2-4-21-15(10)11/h6-7,13-14,18H,2-5,8-9,17H2,1H3. The number of hydrazine groups is 1. The molecule has 0 aromatic heterocycles. The Hall–Kier alpha value is -0.850. The van der Waals surface area contributed by atoms with Gasteiger partial charge in [-0.05, 0) is 36.7 Å². The first-order chi connectivity index (χ1) is 10.2. The van der Waals surface area contributed by atoms with E-state index < -0.39 is 0 Å². The van der Waals surface area contributed by atoms with Crippen LogP contribution in [0.2, 0.25) is 5.02 Å². The first-order valence-corrected chi connectivity index (χ1v) is 7.75. The van der Waals surface area contributed by atoms with Crippen molar-refractivity contribution in [3.63, 3.8) is 0 Å². The number of nitrogens with two attached hydrogens (primary N) is 1. The minimum absolute atomic E-state index is 0.0412. The van der Waals surface area contributed by atoms with Gasteiger partial charge in [-0.1, -0.05) is 11.6 Å². The molecule has 1 saturated heterocycles. The van der Waals surface area contributed by atoms with E-state index in [4.69, 9.17) is 26.9 Å². The van der Waals surface area contributed by atoms with Gasteiger partial charge in [-0.2, -0.15) is 0 Å². The zero-order valence-electron chi connectivity index (χ0n) is 12.3. The molecule has 1 aromatic carbocycles. The number of halogens is 1. The van der Waals surface area contributed by atoms with E-state index in [1.807, 2.05) is 12.1 Å². The molecule has 0 bridgehead atoms. The summed E-state index contributed by atoms with van der Waals surface area (Å²) >= 11 is 6.22. The Labute approximate surface area is 130 Å². The highest BCUT2D eigenvalue weighted by atomic mass is 35.5. The normalized spacial score (nSPS) is 23.7. The lowest BCUT2D eigenvalue weighted by atomic mass is 9.98. The smallest absolute Gasteiger partial charge is 0.125 e. The van der Waals surface area contributed by atoms with Crippen molar-refractivity contribution in [3.05, 3.63) is 28.3 Å². The maximum absolute atomic E-state index is 6.22. The van der Waals surface area contributed by atoms with Crippen LogP contribution in [0.15, 0.2) is 12.1 Å². The summed E-state index contributed by atoms with van der Waals surface area (Å²) in [7, 11) is 2.10. The number of hydrogen-bond donors (Lipinski definition) is 2. The van der Waals surface area contributed by atoms with Gasteiger partial charge in [-0.25, -0.2) is 0 Å². The van der Waals surface area contributed by atoms with Gasteiger partial charge in [0.05, 0.1) is 25.4 Å². The fourth-order valence-electron chi connectivity index (χ4n) is 3.09. The molecule has 0 spiro atoms. The predicted molar refractivity (Wildman–Crippen MR) is 82.7 cm³/mol. The number of likely N-dealkylation sites (N-methyl/N-ethyl adjacent to an activating group) is 1. The van der Waals surface area contributed by atoms with E-state index in [0.717, 1.165) is 55.5 Å². The first-order valence-electron chi connectivity index (χ1n) is 7.37. The van der Waals surface area contributed by atoms with E-state index in [2.05, 4.69) is 17.4 Å². The highest BCUT2D eigenvalue weighted by Crippen LogP contribution is 2.34. The van der Waals surface area contributed by atoms with Crippen molar-refractivity contribution in [2.75, 3.05) is 33.4 Å². The highest BCUT2D eigenvalue weighted by Gasteiger charge is 2.28. The van der Waals surface area contributed by atoms with E-state index in [1.54, 1.807) is 0 Å². The minimum atomic E-state index is 0.0412. The fourth-order valence-corrected chi connectivity index (χ4v) is 3.35. The molecule has 5 nitrogen and oxygen atoms in total. The second-order valence-corrected chi connectivity index (χ2v) is 6.24. The molecule has 1 aromatic rings. The van der Waals surface area contributed by atoms with Crippen LogP contribution in [0.5, 0.6) is 5.75 Å². The van der Waals surface area contributed by atoms with Crippen molar-refractivity contribution in [3.8, 4) is 5.75 Å². The van der Waals surface area contributed by atoms with Crippen LogP contribution in [-0.2, 0) is 17.6 Å². The lowest BCUT2D eigenvalue weighted by Crippen LogP contribution is -2.54. The maximum atomic E-state index is 6.22. The minimum Gasteiger partial charge on any atom is -0.493 e. The predicted octanol–water partition coefficient (Wildman–Crippen LogP) is 0.980. The van der Waals surface area contributed by atoms with E-state index in [-0.39, 0.29) is 12.1 Å². The van der Waals surface area contributed by atoms with E-state index >= 15 is 0 Å². The summed E-state index contributed by atoms with van der Waals surface area (Å²) in [5.74, 6) is 6.73. The summed E-state index contributed by atoms with van der Waals surface area (Å²) in [6.07, 6.45) is 1.74. The van der Waals surface area contributed by atoms with Crippen molar-refractivity contribution in [2.45, 2.75) is 25.0 Å². The van der Waals surface area contributed by atoms with Gasteiger partial charge in [0.25, 0.3) is 0 Å². The van der Waals surface area contributed by atoms with Gasteiger partial charge in [-0.15, -0.1) is 0 Å². The van der Waals surface area contributed by atoms with Crippen molar-refractivity contribution in [2.24, 2.45) is 5.84 Å². The first kappa shape index (κ1) is 15.1. The molecule has 3 N–H and O–H groups in total. The fraction of sp³-hybridized carbons (Fsp3) is 0.600. The number of morpholine rings is 1. The molecule has 0 aliphatic carbocycles. The van der Waals surface area contributed by atoms with Crippen LogP contribution >= 0.6 is 11.6 Å². The molecule has 0 saturated carbocycles. The average molecular weight is 312 g/mol. The quantitative estimate of drug-likeness (QED) is 0.641. The topological polar surface area (TPSA) is 59.8 Å². The molecule has 6 heteroatoms. The Kier molecular flexibility index (Phi) is 4.66. The number of nitrogens with zero attached hydrogens (tertiary/aromatic N) is 1. The van der Waals surface area contributed by atoms with Crippen molar-refractivity contribution < 1.29 is 9.47 Å². The zero-order valence-corrected chi connectivity index (χ0v) is 13.0. The van der Waals surface area contributed by atoms with E-state index in [9.17, 15) is 0 Å². The van der Waals surface area contributed by atoms with Crippen LogP contribution in [0.25, 0.3) is 0 Å². The summed E-state index contributed by atoms with van der Waals surface area (Å²) in [6, 6.07) is 4.01. The molecule has 2 atom stereocenters. The lowest BCUT2D eigenvalue weighted by molar-refractivity contribution is -0.0385. The van der Waals surface area contributed by atoms with Crippen LogP contribution in [-0.4, -0.2) is 50.4 Å². The molecule has 2 aliphatic rings. The van der Waals surface area contributed by atoms with Crippen molar-refractivity contribution in [1.82, 2.24) is 10.3 Å². The number of rotatable bonds is 4. The summed E-state index contributed by atoms with van der Waals surface area (Å²) in [5.41, 5.74) is 5.20. The maximum Gasteiger partial charge on any atom is 0.125 e. The molecule has 0 radical (unpaired) electrons. The van der Waals surface area contributed by atoms with Crippen LogP contribution in [0.1, 0.15) is 11.1 Å². The summed E-state index contributed by atoms with van der Waals surface area (Å²) in [5, 5.41) is 0.756. The van der Waals surface area contributed by atoms with Gasteiger partial charge in [-0.3, -0.25) is 11.3 Å². The number of ether oxygens (including phenoxy) is 2. The van der Waals surface area contributed by atoms with Crippen LogP contribution in [0.3, 0.4) is 0 Å². The Bertz CT molecular complexity index is 512. The van der Waals surface area contributed by atoms with Crippen LogP contribution in [0, 0.1) is 0 Å². The van der Waals surface area contributed by atoms with Gasteiger partial charge < -0.3 is 14.4 Å². The number of fused-ring (bicyclic) bond motifs is 1. The van der Waals surface area contributed by atoms with Crippen molar-refractivity contribution >= 4 is 11.6 Å². The molecule has 2 unspecified atom stereocenters. The molecule has 2 aliphatic heterocycles. The molecule has 2 heterocycles. The summed E-state index contributed by atoms with van der Waals surface area (Å²) in [4.78, 5) is 2.26. The van der Waals surface area contributed by atoms with Crippen LogP contribution in [0.4, 0.5) is 0 Å². The third kappa shape index (κ3) is 3.33. The molecule has 1 fully saturated rings. The Morgan fingerprint density at radius 1 is 1.48 bits per heavy atom. The lowest BCUT2D eigenvalue weighted by Gasteiger charge is -2.35. The van der Waals surface area contributed by atoms with Crippen molar-refractivity contribution in [1.29, 1.82) is 0 Å². The monoisotopic (exact) mass is 311 g/mol. The average Bonchev–Trinajstić information content (AvgIpc) is 2.92. The zero-order chi connectivity index (χ0) is 14.8. The second kappa shape index (κ2) is 6.50. The Morgan fingerprint density at radius 3 is 3.10 bits per heavy atom. The molecular formula is C15H22ClN3O2. The van der Waals surface area contributed by atoms with E-state index in [1.165, 1.54) is 5.56 Å². The largest absolute Gasteiger partial charge is 0.493 e. The number of hydrogen-bond acceptors (Lipinski definition) is 5. The summed E-state index contributed by atoms with van der Waals surface area (Å²) < 4.78 is 11.6. The molecule has 3 rings (SSSR count). The number of benzene rings is 1. The molecule has 116 valence electrons. The Balaban J connectivity index is 1.78. The van der Waals surface area contributed by atoms with Crippen LogP contribution < -0.4 is 16.0 Å². The van der Waals surface area contributed by atoms with Gasteiger partial charge in [0.2, 0.25) is 0 Å². The van der Waals surface area contributed by atoms with E-state index in [0.29, 0.717) is 0 Å². The van der Waals surface area contributed by atoms with Gasteiger partial charge in [0.15, 0.2) is 0 Å². The third-order valence-corrected chi connectivity index (χ3v) is 4.44. The molecule has 21 heavy (non-hydrogen) atoms. The summed E-state index contributed by atoms with van der Waals surface area (Å²) in [6.45, 7) is 3.30. The number of nitrogens with one attached hydrogen (secondary N) is 1. The third-order valence-electron chi connectivity index (χ3n) is 4.22. The highest BCUT2D eigenvalue weighted by molar-refractivity contribution is 6.30. The van der Waals surface area contributed by atoms with Gasteiger partial charge in [0, 0.05) is 24.5 Å². The molecule has 0 amide bonds. The molecular weight excluding hydrogens is 290 g/mol. The SMILES string of the molecule is CN1CCOC(C(Cc2cc(Cl)cc3c2OCC3)NN)C1. The van der Waals surface area contributed by atoms with Gasteiger partial charge in [0.1, 0.15) is 5.75 Å². The second-order valence-electron chi connectivity index (χ2n) is 5.80.